The van der Waals surface area contributed by atoms with E-state index in [2.05, 4.69) is 14.2 Å². The van der Waals surface area contributed by atoms with E-state index in [1.807, 2.05) is 43.6 Å². The summed E-state index contributed by atoms with van der Waals surface area (Å²) in [6, 6.07) is 0. The van der Waals surface area contributed by atoms with Crippen molar-refractivity contribution in [2.45, 2.75) is 26.2 Å². The van der Waals surface area contributed by atoms with E-state index in [4.69, 9.17) is 4.89 Å². The molecule has 0 bridgehead atoms. The van der Waals surface area contributed by atoms with E-state index in [9.17, 15) is 9.13 Å². The lowest BCUT2D eigenvalue weighted by molar-refractivity contribution is 0.273. The fraction of sp³-hybridized carbons (Fsp3) is 0.455. The minimum absolute atomic E-state index is 0.320. The first-order valence-electron chi connectivity index (χ1n) is 5.98. The second kappa shape index (κ2) is 13.8. The summed E-state index contributed by atoms with van der Waals surface area (Å²) < 4.78 is 29.3. The molecule has 1 rings (SSSR count). The maximum absolute atomic E-state index is 10.6. The Morgan fingerprint density at radius 3 is 2.26 bits per heavy atom. The first kappa shape index (κ1) is 18.4. The summed E-state index contributed by atoms with van der Waals surface area (Å²) in [5, 5.41) is 2.92. The number of unbranched alkanes of at least 4 members (excludes halogenated alkanes) is 2. The molecule has 110 valence electrons. The molecule has 1 aliphatic rings. The van der Waals surface area contributed by atoms with Crippen LogP contribution in [0.15, 0.2) is 36.7 Å². The maximum atomic E-state index is 10.6. The molecule has 0 aliphatic carbocycles. The summed E-state index contributed by atoms with van der Waals surface area (Å²) in [5.41, 5.74) is 0. The number of nitrogens with one attached hydrogen (secondary N) is 1. The zero-order valence-electron chi connectivity index (χ0n) is 10.9. The van der Waals surface area contributed by atoms with Crippen LogP contribution in [0.2, 0.25) is 0 Å². The third-order valence-electron chi connectivity index (χ3n) is 1.86. The predicted molar refractivity (Wildman–Crippen MR) is 77.3 cm³/mol. The highest BCUT2D eigenvalue weighted by Crippen LogP contribution is 2.35. The number of allylic oxidation sites excluding steroid dienone is 4. The maximum Gasteiger partial charge on any atom is 0.326 e. The van der Waals surface area contributed by atoms with Crippen molar-refractivity contribution in [1.29, 1.82) is 0 Å². The Bertz CT molecular complexity index is 341. The summed E-state index contributed by atoms with van der Waals surface area (Å²) >= 11 is 0. The summed E-state index contributed by atoms with van der Waals surface area (Å²) in [6.07, 6.45) is 14.4. The average molecular weight is 309 g/mol. The molecule has 6 nitrogen and oxygen atoms in total. The van der Waals surface area contributed by atoms with Gasteiger partial charge in [-0.05, 0) is 18.6 Å². The Morgan fingerprint density at radius 2 is 1.74 bits per heavy atom. The molecule has 0 radical (unpaired) electrons. The van der Waals surface area contributed by atoms with E-state index in [1.54, 1.807) is 0 Å². The van der Waals surface area contributed by atoms with Gasteiger partial charge in [-0.3, -0.25) is 9.13 Å². The van der Waals surface area contributed by atoms with Gasteiger partial charge in [-0.2, -0.15) is 0 Å². The third kappa shape index (κ3) is 15.3. The van der Waals surface area contributed by atoms with Crippen LogP contribution >= 0.6 is 16.5 Å². The van der Waals surface area contributed by atoms with Gasteiger partial charge < -0.3 is 14.7 Å². The SMILES string of the molecule is C1=CC=CNC=C1.CCCCCO[PH](=O)O[PH](=O)O. The predicted octanol–water partition coefficient (Wildman–Crippen LogP) is 3.15. The first-order valence-corrected chi connectivity index (χ1v) is 8.47. The minimum Gasteiger partial charge on any atom is -0.368 e. The summed E-state index contributed by atoms with van der Waals surface area (Å²) in [6.45, 7) is 2.35. The Balaban J connectivity index is 0.000000388. The van der Waals surface area contributed by atoms with E-state index in [0.717, 1.165) is 19.3 Å². The molecule has 0 aromatic carbocycles. The third-order valence-corrected chi connectivity index (χ3v) is 3.66. The molecule has 2 N–H and O–H groups in total. The van der Waals surface area contributed by atoms with Crippen molar-refractivity contribution in [1.82, 2.24) is 5.32 Å². The van der Waals surface area contributed by atoms with Crippen molar-refractivity contribution >= 4 is 16.5 Å². The molecule has 2 unspecified atom stereocenters. The van der Waals surface area contributed by atoms with Crippen molar-refractivity contribution in [3.8, 4) is 0 Å². The molecule has 0 amide bonds. The number of hydrogen-bond acceptors (Lipinski definition) is 5. The molecule has 19 heavy (non-hydrogen) atoms. The van der Waals surface area contributed by atoms with Crippen molar-refractivity contribution < 1.29 is 22.9 Å². The van der Waals surface area contributed by atoms with Gasteiger partial charge in [0.25, 0.3) is 0 Å². The van der Waals surface area contributed by atoms with E-state index in [-0.39, 0.29) is 0 Å². The zero-order chi connectivity index (χ0) is 14.3. The Hall–Kier alpha value is -0.640. The van der Waals surface area contributed by atoms with Gasteiger partial charge >= 0.3 is 16.5 Å². The summed E-state index contributed by atoms with van der Waals surface area (Å²) in [5.74, 6) is 0. The van der Waals surface area contributed by atoms with Crippen molar-refractivity contribution in [3.05, 3.63) is 36.7 Å². The van der Waals surface area contributed by atoms with Crippen LogP contribution in [-0.2, 0) is 18.0 Å². The normalized spacial score (nSPS) is 15.9. The second-order valence-corrected chi connectivity index (χ2v) is 5.58. The van der Waals surface area contributed by atoms with Crippen molar-refractivity contribution in [2.24, 2.45) is 0 Å². The highest BCUT2D eigenvalue weighted by molar-refractivity contribution is 7.47. The fourth-order valence-corrected chi connectivity index (χ4v) is 2.13. The number of hydrogen-bond donors (Lipinski definition) is 2. The van der Waals surface area contributed by atoms with Crippen LogP contribution in [0.3, 0.4) is 0 Å². The summed E-state index contributed by atoms with van der Waals surface area (Å²) in [7, 11) is -5.85. The molecule has 0 fully saturated rings. The topological polar surface area (TPSA) is 84.9 Å². The molecule has 0 saturated carbocycles. The Morgan fingerprint density at radius 1 is 1.11 bits per heavy atom. The lowest BCUT2D eigenvalue weighted by Gasteiger charge is -2.01. The molecule has 0 saturated heterocycles. The van der Waals surface area contributed by atoms with Gasteiger partial charge in [0.05, 0.1) is 6.61 Å². The van der Waals surface area contributed by atoms with Crippen LogP contribution in [0.25, 0.3) is 0 Å². The quantitative estimate of drug-likeness (QED) is 0.555. The van der Waals surface area contributed by atoms with Gasteiger partial charge in [0.1, 0.15) is 0 Å². The average Bonchev–Trinajstić information content (AvgIpc) is 2.67. The molecule has 8 heteroatoms. The van der Waals surface area contributed by atoms with E-state index in [0.29, 0.717) is 6.61 Å². The molecule has 0 aromatic heterocycles. The van der Waals surface area contributed by atoms with E-state index >= 15 is 0 Å². The molecular formula is C11H21NO5P2. The van der Waals surface area contributed by atoms with Crippen LogP contribution in [0.4, 0.5) is 0 Å². The first-order chi connectivity index (χ1) is 9.16. The van der Waals surface area contributed by atoms with E-state index < -0.39 is 16.5 Å². The van der Waals surface area contributed by atoms with E-state index in [1.165, 1.54) is 0 Å². The van der Waals surface area contributed by atoms with Gasteiger partial charge in [0.15, 0.2) is 0 Å². The lowest BCUT2D eigenvalue weighted by Crippen LogP contribution is -1.87. The lowest BCUT2D eigenvalue weighted by atomic mass is 10.3. The Kier molecular flexibility index (Phi) is 13.3. The molecule has 2 atom stereocenters. The molecular weight excluding hydrogens is 288 g/mol. The Labute approximate surface area is 115 Å². The van der Waals surface area contributed by atoms with Crippen LogP contribution in [-0.4, -0.2) is 11.5 Å². The standard InChI is InChI=1S/C6H7N.C5H14O5P2/c1-2-4-6-7-5-3-1;1-2-3-4-5-9-12(8)10-11(6)7/h1-7H;11-12H,2-5H2,1H3,(H,6,7). The van der Waals surface area contributed by atoms with Crippen molar-refractivity contribution in [3.63, 3.8) is 0 Å². The smallest absolute Gasteiger partial charge is 0.326 e. The fourth-order valence-electron chi connectivity index (χ4n) is 1.01. The van der Waals surface area contributed by atoms with Crippen LogP contribution in [0.5, 0.6) is 0 Å². The molecule has 1 aliphatic heterocycles. The largest absolute Gasteiger partial charge is 0.368 e. The second-order valence-electron chi connectivity index (χ2n) is 3.44. The highest BCUT2D eigenvalue weighted by Gasteiger charge is 2.01. The van der Waals surface area contributed by atoms with Crippen LogP contribution < -0.4 is 5.32 Å². The monoisotopic (exact) mass is 309 g/mol. The minimum atomic E-state index is -3.12. The van der Waals surface area contributed by atoms with Crippen LogP contribution in [0, 0.1) is 0 Å². The zero-order valence-corrected chi connectivity index (χ0v) is 12.9. The van der Waals surface area contributed by atoms with Crippen LogP contribution in [0.1, 0.15) is 26.2 Å². The molecule has 0 aromatic rings. The van der Waals surface area contributed by atoms with Gasteiger partial charge in [-0.25, -0.2) is 4.31 Å². The van der Waals surface area contributed by atoms with Gasteiger partial charge in [0, 0.05) is 12.4 Å². The number of rotatable bonds is 7. The van der Waals surface area contributed by atoms with Gasteiger partial charge in [-0.1, -0.05) is 31.9 Å². The van der Waals surface area contributed by atoms with Crippen molar-refractivity contribution in [2.75, 3.05) is 6.61 Å². The molecule has 0 spiro atoms. The van der Waals surface area contributed by atoms with Gasteiger partial charge in [0.2, 0.25) is 0 Å². The van der Waals surface area contributed by atoms with Gasteiger partial charge in [-0.15, -0.1) is 0 Å². The summed E-state index contributed by atoms with van der Waals surface area (Å²) in [4.78, 5) is 8.20. The molecule has 1 heterocycles. The highest BCUT2D eigenvalue weighted by atomic mass is 31.2.